The van der Waals surface area contributed by atoms with Gasteiger partial charge in [-0.05, 0) is 39.7 Å². The molecule has 0 fully saturated rings. The summed E-state index contributed by atoms with van der Waals surface area (Å²) in [5.41, 5.74) is 0.143. The van der Waals surface area contributed by atoms with E-state index in [1.807, 2.05) is 13.8 Å². The van der Waals surface area contributed by atoms with Gasteiger partial charge in [-0.25, -0.2) is 4.79 Å². The quantitative estimate of drug-likeness (QED) is 0.861. The lowest BCUT2D eigenvalue weighted by Crippen LogP contribution is -2.47. The third-order valence-corrected chi connectivity index (χ3v) is 2.68. The van der Waals surface area contributed by atoms with Crippen LogP contribution in [-0.4, -0.2) is 23.5 Å². The molecule has 5 nitrogen and oxygen atoms in total. The molecule has 0 aliphatic carbocycles. The van der Waals surface area contributed by atoms with Crippen LogP contribution < -0.4 is 5.32 Å². The highest BCUT2D eigenvalue weighted by atomic mass is 16.6. The van der Waals surface area contributed by atoms with Gasteiger partial charge < -0.3 is 14.5 Å². The molecule has 0 aromatic carbocycles. The average Bonchev–Trinajstić information content (AvgIpc) is 2.69. The highest BCUT2D eigenvalue weighted by Gasteiger charge is 2.30. The van der Waals surface area contributed by atoms with Gasteiger partial charge in [0.05, 0.1) is 6.26 Å². The third-order valence-electron chi connectivity index (χ3n) is 2.68. The van der Waals surface area contributed by atoms with E-state index >= 15 is 0 Å². The lowest BCUT2D eigenvalue weighted by molar-refractivity contribution is -0.158. The van der Waals surface area contributed by atoms with Crippen LogP contribution in [0.4, 0.5) is 0 Å². The molecule has 1 aromatic heterocycles. The fourth-order valence-corrected chi connectivity index (χ4v) is 1.68. The first kappa shape index (κ1) is 16.3. The Morgan fingerprint density at radius 1 is 1.30 bits per heavy atom. The van der Waals surface area contributed by atoms with Gasteiger partial charge >= 0.3 is 5.97 Å². The van der Waals surface area contributed by atoms with Gasteiger partial charge in [0, 0.05) is 5.56 Å². The molecule has 0 aliphatic rings. The molecule has 1 atom stereocenters. The molecule has 1 aromatic rings. The minimum Gasteiger partial charge on any atom is -0.459 e. The smallest absolute Gasteiger partial charge is 0.329 e. The van der Waals surface area contributed by atoms with E-state index in [2.05, 4.69) is 5.32 Å². The van der Waals surface area contributed by atoms with E-state index in [1.54, 1.807) is 33.8 Å². The van der Waals surface area contributed by atoms with E-state index in [0.29, 0.717) is 0 Å². The normalized spacial score (nSPS) is 13.2. The Kier molecular flexibility index (Phi) is 4.98. The van der Waals surface area contributed by atoms with Crippen LogP contribution in [0, 0.1) is 12.8 Å². The molecule has 0 saturated heterocycles. The summed E-state index contributed by atoms with van der Waals surface area (Å²) >= 11 is 0. The zero-order chi connectivity index (χ0) is 15.5. The summed E-state index contributed by atoms with van der Waals surface area (Å²) in [6.07, 6.45) is 1.45. The van der Waals surface area contributed by atoms with E-state index in [4.69, 9.17) is 9.15 Å². The fourth-order valence-electron chi connectivity index (χ4n) is 1.68. The lowest BCUT2D eigenvalue weighted by atomic mass is 10.0. The minimum absolute atomic E-state index is 0.0796. The molecule has 5 heteroatoms. The first-order chi connectivity index (χ1) is 9.11. The van der Waals surface area contributed by atoms with Crippen molar-refractivity contribution in [1.29, 1.82) is 0 Å². The van der Waals surface area contributed by atoms with Gasteiger partial charge in [-0.15, -0.1) is 0 Å². The molecule has 1 amide bonds. The van der Waals surface area contributed by atoms with Gasteiger partial charge in [0.25, 0.3) is 5.91 Å². The van der Waals surface area contributed by atoms with Crippen molar-refractivity contribution in [3.05, 3.63) is 23.7 Å². The fraction of sp³-hybridized carbons (Fsp3) is 0.600. The molecule has 0 aliphatic heterocycles. The zero-order valence-electron chi connectivity index (χ0n) is 12.9. The minimum atomic E-state index is -0.703. The predicted octanol–water partition coefficient (Wildman–Crippen LogP) is 2.68. The number of hydrogen-bond donors (Lipinski definition) is 1. The monoisotopic (exact) mass is 281 g/mol. The molecule has 0 spiro atoms. The van der Waals surface area contributed by atoms with Crippen LogP contribution in [0.25, 0.3) is 0 Å². The molecule has 112 valence electrons. The summed E-state index contributed by atoms with van der Waals surface area (Å²) in [5.74, 6) is -0.703. The number of carbonyl (C=O) groups is 2. The molecule has 0 radical (unpaired) electrons. The number of carbonyl (C=O) groups excluding carboxylic acids is 2. The predicted molar refractivity (Wildman–Crippen MR) is 75.4 cm³/mol. The van der Waals surface area contributed by atoms with Crippen LogP contribution in [0.1, 0.15) is 50.7 Å². The van der Waals surface area contributed by atoms with Gasteiger partial charge in [-0.3, -0.25) is 4.79 Å². The van der Waals surface area contributed by atoms with Crippen LogP contribution in [0.15, 0.2) is 16.7 Å². The zero-order valence-corrected chi connectivity index (χ0v) is 12.9. The summed E-state index contributed by atoms with van der Waals surface area (Å²) in [6, 6.07) is 0.999. The standard InChI is InChI=1S/C15H23NO4/c1-9(2)11(14(18)20-15(4,5)6)16-13(17)12-10(3)7-8-19-12/h7-9,11H,1-6H3,(H,16,17)/t11-/m1/s1. The van der Waals surface area contributed by atoms with Crippen molar-refractivity contribution >= 4 is 11.9 Å². The van der Waals surface area contributed by atoms with Crippen molar-refractivity contribution in [3.8, 4) is 0 Å². The maximum absolute atomic E-state index is 12.1. The molecule has 1 rings (SSSR count). The number of furan rings is 1. The van der Waals surface area contributed by atoms with E-state index in [-0.39, 0.29) is 11.7 Å². The Morgan fingerprint density at radius 2 is 1.90 bits per heavy atom. The number of amides is 1. The van der Waals surface area contributed by atoms with Crippen molar-refractivity contribution < 1.29 is 18.7 Å². The van der Waals surface area contributed by atoms with Gasteiger partial charge in [-0.1, -0.05) is 13.8 Å². The van der Waals surface area contributed by atoms with Crippen molar-refractivity contribution in [2.24, 2.45) is 5.92 Å². The molecule has 1 N–H and O–H groups in total. The maximum atomic E-state index is 12.1. The number of rotatable bonds is 4. The largest absolute Gasteiger partial charge is 0.459 e. The Bertz CT molecular complexity index is 482. The number of nitrogens with one attached hydrogen (secondary N) is 1. The Hall–Kier alpha value is -1.78. The molecule has 0 bridgehead atoms. The van der Waals surface area contributed by atoms with Crippen molar-refractivity contribution in [3.63, 3.8) is 0 Å². The summed E-state index contributed by atoms with van der Waals surface area (Å²) in [7, 11) is 0. The molecular weight excluding hydrogens is 258 g/mol. The molecule has 0 unspecified atom stereocenters. The van der Waals surface area contributed by atoms with E-state index in [9.17, 15) is 9.59 Å². The van der Waals surface area contributed by atoms with Crippen LogP contribution in [-0.2, 0) is 9.53 Å². The van der Waals surface area contributed by atoms with E-state index < -0.39 is 23.5 Å². The summed E-state index contributed by atoms with van der Waals surface area (Å²) < 4.78 is 10.4. The van der Waals surface area contributed by atoms with Crippen LogP contribution >= 0.6 is 0 Å². The van der Waals surface area contributed by atoms with Gasteiger partial charge in [-0.2, -0.15) is 0 Å². The second kappa shape index (κ2) is 6.11. The highest BCUT2D eigenvalue weighted by Crippen LogP contribution is 2.14. The summed E-state index contributed by atoms with van der Waals surface area (Å²) in [4.78, 5) is 24.2. The number of hydrogen-bond acceptors (Lipinski definition) is 4. The summed E-state index contributed by atoms with van der Waals surface area (Å²) in [5, 5.41) is 2.67. The van der Waals surface area contributed by atoms with Crippen LogP contribution in [0.5, 0.6) is 0 Å². The van der Waals surface area contributed by atoms with Crippen molar-refractivity contribution in [2.75, 3.05) is 0 Å². The Morgan fingerprint density at radius 3 is 2.30 bits per heavy atom. The second-order valence-electron chi connectivity index (χ2n) is 6.16. The number of aryl methyl sites for hydroxylation is 1. The third kappa shape index (κ3) is 4.40. The van der Waals surface area contributed by atoms with Gasteiger partial charge in [0.15, 0.2) is 5.76 Å². The maximum Gasteiger partial charge on any atom is 0.329 e. The van der Waals surface area contributed by atoms with Crippen LogP contribution in [0.3, 0.4) is 0 Å². The number of ether oxygens (including phenoxy) is 1. The first-order valence-corrected chi connectivity index (χ1v) is 6.69. The van der Waals surface area contributed by atoms with Crippen molar-refractivity contribution in [2.45, 2.75) is 53.2 Å². The first-order valence-electron chi connectivity index (χ1n) is 6.69. The average molecular weight is 281 g/mol. The van der Waals surface area contributed by atoms with Gasteiger partial charge in [0.1, 0.15) is 11.6 Å². The van der Waals surface area contributed by atoms with Crippen molar-refractivity contribution in [1.82, 2.24) is 5.32 Å². The van der Waals surface area contributed by atoms with Crippen LogP contribution in [0.2, 0.25) is 0 Å². The highest BCUT2D eigenvalue weighted by molar-refractivity contribution is 5.95. The van der Waals surface area contributed by atoms with Gasteiger partial charge in [0.2, 0.25) is 0 Å². The molecule has 20 heavy (non-hydrogen) atoms. The van der Waals surface area contributed by atoms with E-state index in [1.165, 1.54) is 6.26 Å². The topological polar surface area (TPSA) is 68.5 Å². The Balaban J connectivity index is 2.81. The summed E-state index contributed by atoms with van der Waals surface area (Å²) in [6.45, 7) is 10.9. The van der Waals surface area contributed by atoms with E-state index in [0.717, 1.165) is 5.56 Å². The SMILES string of the molecule is Cc1ccoc1C(=O)N[C@@H](C(=O)OC(C)(C)C)C(C)C. The lowest BCUT2D eigenvalue weighted by Gasteiger charge is -2.26. The molecular formula is C15H23NO4. The second-order valence-corrected chi connectivity index (χ2v) is 6.16. The molecule has 0 saturated carbocycles. The molecule has 1 heterocycles. The number of esters is 1. The Labute approximate surface area is 119 Å².